The van der Waals surface area contributed by atoms with Crippen LogP contribution in [-0.4, -0.2) is 27.9 Å². The Labute approximate surface area is 60.8 Å². The number of esters is 1. The van der Waals surface area contributed by atoms with Crippen molar-refractivity contribution in [2.45, 2.75) is 6.92 Å². The number of carbonyl (C=O) groups is 1. The Morgan fingerprint density at radius 3 is 2.70 bits per heavy atom. The van der Waals surface area contributed by atoms with Gasteiger partial charge in [-0.3, -0.25) is 8.74 Å². The Hall–Kier alpha value is -0.460. The molecule has 0 spiro atoms. The number of hydrogen-bond acceptors (Lipinski definition) is 4. The largest absolute Gasteiger partial charge is 0.464 e. The van der Waals surface area contributed by atoms with E-state index < -0.39 is 23.9 Å². The van der Waals surface area contributed by atoms with Crippen LogP contribution in [-0.2, 0) is 25.1 Å². The molecule has 0 rings (SSSR count). The standard InChI is InChI=1S/C4H8O5S/c1-2-8-4(5)3-9-10(6)7/h2-3H2,1H3,(H,6,7). The van der Waals surface area contributed by atoms with Gasteiger partial charge < -0.3 is 4.74 Å². The Kier molecular flexibility index (Phi) is 5.09. The van der Waals surface area contributed by atoms with E-state index in [1.807, 2.05) is 0 Å². The molecule has 0 aliphatic heterocycles. The van der Waals surface area contributed by atoms with Gasteiger partial charge in [0.15, 0.2) is 6.61 Å². The summed E-state index contributed by atoms with van der Waals surface area (Å²) in [5.41, 5.74) is 0. The van der Waals surface area contributed by atoms with Crippen LogP contribution in [0.25, 0.3) is 0 Å². The zero-order chi connectivity index (χ0) is 7.98. The van der Waals surface area contributed by atoms with Gasteiger partial charge in [-0.2, -0.15) is 4.21 Å². The van der Waals surface area contributed by atoms with Crippen LogP contribution in [0.3, 0.4) is 0 Å². The second-order valence-electron chi connectivity index (χ2n) is 1.28. The summed E-state index contributed by atoms with van der Waals surface area (Å²) >= 11 is -2.39. The molecule has 6 heteroatoms. The van der Waals surface area contributed by atoms with Gasteiger partial charge in [0.1, 0.15) is 0 Å². The Morgan fingerprint density at radius 2 is 2.30 bits per heavy atom. The summed E-state index contributed by atoms with van der Waals surface area (Å²) in [4.78, 5) is 10.4. The topological polar surface area (TPSA) is 72.8 Å². The zero-order valence-electron chi connectivity index (χ0n) is 5.40. The van der Waals surface area contributed by atoms with E-state index in [1.54, 1.807) is 6.92 Å². The minimum absolute atomic E-state index is 0.236. The van der Waals surface area contributed by atoms with Crippen molar-refractivity contribution in [2.24, 2.45) is 0 Å². The van der Waals surface area contributed by atoms with Crippen molar-refractivity contribution < 1.29 is 22.5 Å². The summed E-state index contributed by atoms with van der Waals surface area (Å²) in [6.45, 7) is 1.38. The molecule has 0 saturated carbocycles. The highest BCUT2D eigenvalue weighted by Crippen LogP contribution is 1.82. The lowest BCUT2D eigenvalue weighted by atomic mass is 10.7. The molecule has 1 atom stereocenters. The van der Waals surface area contributed by atoms with E-state index in [2.05, 4.69) is 8.92 Å². The molecule has 0 aromatic carbocycles. The maximum Gasteiger partial charge on any atom is 0.333 e. The summed E-state index contributed by atoms with van der Waals surface area (Å²) in [6, 6.07) is 0. The minimum atomic E-state index is -2.39. The lowest BCUT2D eigenvalue weighted by molar-refractivity contribution is -0.145. The summed E-state index contributed by atoms with van der Waals surface area (Å²) in [7, 11) is 0. The molecule has 0 fully saturated rings. The normalized spacial score (nSPS) is 12.6. The van der Waals surface area contributed by atoms with Crippen molar-refractivity contribution in [3.05, 3.63) is 0 Å². The molecule has 0 aliphatic carbocycles. The van der Waals surface area contributed by atoms with Gasteiger partial charge in [0.25, 0.3) is 0 Å². The maximum absolute atomic E-state index is 10.4. The van der Waals surface area contributed by atoms with E-state index in [1.165, 1.54) is 0 Å². The molecule has 0 saturated heterocycles. The maximum atomic E-state index is 10.4. The number of ether oxygens (including phenoxy) is 1. The molecule has 5 nitrogen and oxygen atoms in total. The van der Waals surface area contributed by atoms with E-state index >= 15 is 0 Å². The third kappa shape index (κ3) is 5.67. The summed E-state index contributed by atoms with van der Waals surface area (Å²) in [6.07, 6.45) is 0. The predicted molar refractivity (Wildman–Crippen MR) is 33.4 cm³/mol. The van der Waals surface area contributed by atoms with Gasteiger partial charge in [-0.25, -0.2) is 4.79 Å². The second-order valence-corrected chi connectivity index (χ2v) is 1.95. The fourth-order valence-corrected chi connectivity index (χ4v) is 0.498. The number of rotatable bonds is 4. The van der Waals surface area contributed by atoms with Crippen LogP contribution in [0, 0.1) is 0 Å². The highest BCUT2D eigenvalue weighted by atomic mass is 32.2. The van der Waals surface area contributed by atoms with Gasteiger partial charge in [-0.15, -0.1) is 0 Å². The summed E-state index contributed by atoms with van der Waals surface area (Å²) < 4.78 is 26.2. The first-order valence-electron chi connectivity index (χ1n) is 2.56. The van der Waals surface area contributed by atoms with Crippen LogP contribution in [0.5, 0.6) is 0 Å². The first kappa shape index (κ1) is 9.54. The van der Waals surface area contributed by atoms with Gasteiger partial charge >= 0.3 is 17.3 Å². The lowest BCUT2D eigenvalue weighted by Gasteiger charge is -1.98. The van der Waals surface area contributed by atoms with Crippen molar-refractivity contribution in [1.82, 2.24) is 0 Å². The van der Waals surface area contributed by atoms with Gasteiger partial charge in [-0.1, -0.05) is 0 Å². The van der Waals surface area contributed by atoms with Gasteiger partial charge in [-0.05, 0) is 6.92 Å². The van der Waals surface area contributed by atoms with Crippen molar-refractivity contribution >= 4 is 17.3 Å². The van der Waals surface area contributed by atoms with Crippen LogP contribution in [0.15, 0.2) is 0 Å². The predicted octanol–water partition coefficient (Wildman–Crippen LogP) is -0.297. The lowest BCUT2D eigenvalue weighted by Crippen LogP contribution is -2.13. The van der Waals surface area contributed by atoms with Crippen LogP contribution in [0.4, 0.5) is 0 Å². The molecular weight excluding hydrogens is 160 g/mol. The molecule has 10 heavy (non-hydrogen) atoms. The van der Waals surface area contributed by atoms with E-state index in [9.17, 15) is 9.00 Å². The third-order valence-electron chi connectivity index (χ3n) is 0.583. The van der Waals surface area contributed by atoms with Crippen LogP contribution >= 0.6 is 0 Å². The molecule has 0 amide bonds. The Morgan fingerprint density at radius 1 is 1.70 bits per heavy atom. The fourth-order valence-electron chi connectivity index (χ4n) is 0.301. The van der Waals surface area contributed by atoms with Crippen molar-refractivity contribution in [2.75, 3.05) is 13.2 Å². The van der Waals surface area contributed by atoms with Crippen LogP contribution in [0.2, 0.25) is 0 Å². The average Bonchev–Trinajstić information content (AvgIpc) is 1.85. The van der Waals surface area contributed by atoms with E-state index in [0.717, 1.165) is 0 Å². The van der Waals surface area contributed by atoms with Crippen molar-refractivity contribution in [3.8, 4) is 0 Å². The Balaban J connectivity index is 3.30. The van der Waals surface area contributed by atoms with Crippen molar-refractivity contribution in [1.29, 1.82) is 0 Å². The zero-order valence-corrected chi connectivity index (χ0v) is 6.22. The molecule has 0 aliphatic rings. The quantitative estimate of drug-likeness (QED) is 0.461. The average molecular weight is 168 g/mol. The molecule has 60 valence electrons. The van der Waals surface area contributed by atoms with E-state index in [-0.39, 0.29) is 6.61 Å². The van der Waals surface area contributed by atoms with Gasteiger partial charge in [0.2, 0.25) is 0 Å². The third-order valence-corrected chi connectivity index (χ3v) is 0.902. The van der Waals surface area contributed by atoms with Crippen LogP contribution < -0.4 is 0 Å². The molecule has 0 heterocycles. The molecule has 0 radical (unpaired) electrons. The fraction of sp³-hybridized carbons (Fsp3) is 0.750. The smallest absolute Gasteiger partial charge is 0.333 e. The molecule has 0 aromatic rings. The van der Waals surface area contributed by atoms with Gasteiger partial charge in [0, 0.05) is 0 Å². The van der Waals surface area contributed by atoms with Crippen LogP contribution in [0.1, 0.15) is 6.92 Å². The first-order valence-corrected chi connectivity index (χ1v) is 3.59. The Bertz CT molecular complexity index is 134. The van der Waals surface area contributed by atoms with Crippen molar-refractivity contribution in [3.63, 3.8) is 0 Å². The van der Waals surface area contributed by atoms with E-state index in [0.29, 0.717) is 0 Å². The molecule has 1 N–H and O–H groups in total. The molecule has 1 unspecified atom stereocenters. The molecule has 0 bridgehead atoms. The van der Waals surface area contributed by atoms with Gasteiger partial charge in [0.05, 0.1) is 6.61 Å². The van der Waals surface area contributed by atoms with E-state index in [4.69, 9.17) is 4.55 Å². The molecular formula is C4H8O5S. The minimum Gasteiger partial charge on any atom is -0.464 e. The second kappa shape index (κ2) is 5.33. The number of carbonyl (C=O) groups excluding carboxylic acids is 1. The monoisotopic (exact) mass is 168 g/mol. The first-order chi connectivity index (χ1) is 4.66. The highest BCUT2D eigenvalue weighted by molar-refractivity contribution is 7.74. The summed E-state index contributed by atoms with van der Waals surface area (Å²) in [5, 5.41) is 0. The highest BCUT2D eigenvalue weighted by Gasteiger charge is 2.02. The summed E-state index contributed by atoms with van der Waals surface area (Å²) in [5.74, 6) is -0.648. The SMILES string of the molecule is CCOC(=O)COS(=O)O. The molecule has 0 aromatic heterocycles. The number of hydrogen-bond donors (Lipinski definition) is 1.